The fourth-order valence-corrected chi connectivity index (χ4v) is 5.58. The van der Waals surface area contributed by atoms with Gasteiger partial charge in [0.15, 0.2) is 5.65 Å². The van der Waals surface area contributed by atoms with Gasteiger partial charge in [0, 0.05) is 5.56 Å². The lowest BCUT2D eigenvalue weighted by molar-refractivity contribution is 0.479. The number of aromatic nitrogens is 4. The molecule has 0 aliphatic heterocycles. The number of sulfonamides is 1. The number of nitrogens with one attached hydrogen (secondary N) is 1. The van der Waals surface area contributed by atoms with Gasteiger partial charge in [-0.2, -0.15) is 5.10 Å². The highest BCUT2D eigenvalue weighted by Crippen LogP contribution is 2.38. The second-order valence-electron chi connectivity index (χ2n) is 7.95. The molecule has 33 heavy (non-hydrogen) atoms. The molecule has 170 valence electrons. The predicted octanol–water partition coefficient (Wildman–Crippen LogP) is 4.78. The van der Waals surface area contributed by atoms with Crippen molar-refractivity contribution >= 4 is 44.2 Å². The maximum atomic E-state index is 13.5. The molecule has 8 nitrogen and oxygen atoms in total. The number of rotatable bonds is 5. The molecule has 0 spiro atoms. The Labute approximate surface area is 194 Å². The summed E-state index contributed by atoms with van der Waals surface area (Å²) in [5.74, 6) is -0.338. The van der Waals surface area contributed by atoms with Gasteiger partial charge in [0.2, 0.25) is 0 Å². The van der Waals surface area contributed by atoms with Crippen molar-refractivity contribution in [2.24, 2.45) is 0 Å². The number of halogens is 2. The van der Waals surface area contributed by atoms with E-state index in [1.54, 1.807) is 12.1 Å². The van der Waals surface area contributed by atoms with E-state index in [-0.39, 0.29) is 21.6 Å². The first-order valence-electron chi connectivity index (χ1n) is 10.4. The number of benzene rings is 2. The van der Waals surface area contributed by atoms with Gasteiger partial charge in [0.05, 0.1) is 27.0 Å². The Hall–Kier alpha value is -3.24. The van der Waals surface area contributed by atoms with E-state index < -0.39 is 15.8 Å². The van der Waals surface area contributed by atoms with Crippen molar-refractivity contribution < 1.29 is 12.8 Å². The van der Waals surface area contributed by atoms with Gasteiger partial charge in [0.1, 0.15) is 23.7 Å². The van der Waals surface area contributed by atoms with Crippen LogP contribution in [0.5, 0.6) is 0 Å². The number of hydrogen-bond donors (Lipinski definition) is 2. The highest BCUT2D eigenvalue weighted by molar-refractivity contribution is 7.92. The smallest absolute Gasteiger partial charge is 0.262 e. The van der Waals surface area contributed by atoms with E-state index in [1.165, 1.54) is 30.6 Å². The second-order valence-corrected chi connectivity index (χ2v) is 10.0. The zero-order chi connectivity index (χ0) is 23.2. The van der Waals surface area contributed by atoms with Gasteiger partial charge in [0.25, 0.3) is 10.0 Å². The van der Waals surface area contributed by atoms with Crippen molar-refractivity contribution in [1.29, 1.82) is 0 Å². The van der Waals surface area contributed by atoms with Gasteiger partial charge < -0.3 is 5.73 Å². The number of anilines is 2. The summed E-state index contributed by atoms with van der Waals surface area (Å²) in [5, 5.41) is 5.59. The molecule has 4 aromatic rings. The van der Waals surface area contributed by atoms with Gasteiger partial charge >= 0.3 is 0 Å². The third kappa shape index (κ3) is 4.00. The van der Waals surface area contributed by atoms with E-state index in [4.69, 9.17) is 22.4 Å². The molecule has 0 saturated heterocycles. The van der Waals surface area contributed by atoms with Crippen LogP contribution in [0.1, 0.15) is 31.7 Å². The van der Waals surface area contributed by atoms with Crippen LogP contribution in [-0.4, -0.2) is 28.2 Å². The molecular weight excluding hydrogens is 467 g/mol. The van der Waals surface area contributed by atoms with Crippen LogP contribution in [-0.2, 0) is 10.0 Å². The van der Waals surface area contributed by atoms with Crippen molar-refractivity contribution in [1.82, 2.24) is 19.7 Å². The van der Waals surface area contributed by atoms with E-state index in [2.05, 4.69) is 14.7 Å². The summed E-state index contributed by atoms with van der Waals surface area (Å²) in [6, 6.07) is 9.82. The summed E-state index contributed by atoms with van der Waals surface area (Å²) in [4.78, 5) is 8.34. The molecule has 1 aliphatic carbocycles. The lowest BCUT2D eigenvalue weighted by atomic mass is 10.1. The molecule has 0 amide bonds. The van der Waals surface area contributed by atoms with Crippen LogP contribution in [0, 0.1) is 5.82 Å². The number of fused-ring (bicyclic) bond motifs is 1. The lowest BCUT2D eigenvalue weighted by Gasteiger charge is -2.11. The Morgan fingerprint density at radius 1 is 1.12 bits per heavy atom. The van der Waals surface area contributed by atoms with E-state index in [9.17, 15) is 12.8 Å². The van der Waals surface area contributed by atoms with E-state index >= 15 is 0 Å². The highest BCUT2D eigenvalue weighted by atomic mass is 35.5. The molecule has 2 aromatic heterocycles. The normalized spacial score (nSPS) is 14.7. The fraction of sp³-hybridized carbons (Fsp3) is 0.227. The first-order valence-corrected chi connectivity index (χ1v) is 12.3. The first-order chi connectivity index (χ1) is 15.8. The highest BCUT2D eigenvalue weighted by Gasteiger charge is 2.25. The maximum Gasteiger partial charge on any atom is 0.262 e. The van der Waals surface area contributed by atoms with Gasteiger partial charge in [-0.05, 0) is 43.2 Å². The van der Waals surface area contributed by atoms with Crippen molar-refractivity contribution in [3.8, 4) is 11.3 Å². The van der Waals surface area contributed by atoms with E-state index in [0.717, 1.165) is 31.7 Å². The monoisotopic (exact) mass is 486 g/mol. The van der Waals surface area contributed by atoms with Crippen LogP contribution in [0.15, 0.2) is 53.7 Å². The molecule has 1 fully saturated rings. The topological polar surface area (TPSA) is 116 Å². The third-order valence-electron chi connectivity index (χ3n) is 5.78. The van der Waals surface area contributed by atoms with Crippen LogP contribution in [0.4, 0.5) is 15.9 Å². The molecule has 0 atom stereocenters. The van der Waals surface area contributed by atoms with E-state index in [1.807, 2.05) is 4.68 Å². The first kappa shape index (κ1) is 21.6. The maximum absolute atomic E-state index is 13.5. The Balaban J connectivity index is 1.54. The zero-order valence-electron chi connectivity index (χ0n) is 17.4. The molecule has 1 saturated carbocycles. The Bertz CT molecular complexity index is 1470. The third-order valence-corrected chi connectivity index (χ3v) is 7.46. The van der Waals surface area contributed by atoms with Gasteiger partial charge in [-0.25, -0.2) is 27.5 Å². The Morgan fingerprint density at radius 2 is 1.91 bits per heavy atom. The summed E-state index contributed by atoms with van der Waals surface area (Å²) < 4.78 is 43.1. The molecule has 0 bridgehead atoms. The number of nitrogen functional groups attached to an aromatic ring is 1. The molecule has 3 N–H and O–H groups in total. The molecule has 2 heterocycles. The summed E-state index contributed by atoms with van der Waals surface area (Å²) in [5.41, 5.74) is 8.23. The SMILES string of the molecule is Nc1ncnc2c1c(-c1ccc(NS(=O)(=O)c3cccc(F)c3)c(Cl)c1)nn2C1CCCC1. The summed E-state index contributed by atoms with van der Waals surface area (Å²) in [7, 11) is -4.02. The molecule has 2 aromatic carbocycles. The number of nitrogens with two attached hydrogens (primary N) is 1. The van der Waals surface area contributed by atoms with Crippen LogP contribution in [0.2, 0.25) is 5.02 Å². The van der Waals surface area contributed by atoms with Crippen molar-refractivity contribution in [3.05, 3.63) is 59.6 Å². The van der Waals surface area contributed by atoms with Crippen LogP contribution < -0.4 is 10.5 Å². The molecular formula is C22H20ClFN6O2S. The Kier molecular flexibility index (Phi) is 5.41. The molecule has 11 heteroatoms. The van der Waals surface area contributed by atoms with Gasteiger partial charge in [-0.15, -0.1) is 0 Å². The van der Waals surface area contributed by atoms with Crippen LogP contribution in [0.25, 0.3) is 22.3 Å². The largest absolute Gasteiger partial charge is 0.383 e. The van der Waals surface area contributed by atoms with Crippen LogP contribution in [0.3, 0.4) is 0 Å². The summed E-state index contributed by atoms with van der Waals surface area (Å²) >= 11 is 6.43. The number of nitrogens with zero attached hydrogens (tertiary/aromatic N) is 4. The molecule has 0 radical (unpaired) electrons. The summed E-state index contributed by atoms with van der Waals surface area (Å²) in [6.45, 7) is 0. The number of hydrogen-bond acceptors (Lipinski definition) is 6. The molecule has 1 aliphatic rings. The quantitative estimate of drug-likeness (QED) is 0.419. The minimum atomic E-state index is -4.02. The van der Waals surface area contributed by atoms with Crippen molar-refractivity contribution in [3.63, 3.8) is 0 Å². The van der Waals surface area contributed by atoms with Crippen LogP contribution >= 0.6 is 11.6 Å². The van der Waals surface area contributed by atoms with Gasteiger partial charge in [-0.1, -0.05) is 36.6 Å². The minimum absolute atomic E-state index is 0.159. The fourth-order valence-electron chi connectivity index (χ4n) is 4.18. The Morgan fingerprint density at radius 3 is 2.64 bits per heavy atom. The van der Waals surface area contributed by atoms with E-state index in [0.29, 0.717) is 28.1 Å². The minimum Gasteiger partial charge on any atom is -0.383 e. The van der Waals surface area contributed by atoms with Gasteiger partial charge in [-0.3, -0.25) is 4.72 Å². The van der Waals surface area contributed by atoms with Crippen molar-refractivity contribution in [2.75, 3.05) is 10.5 Å². The molecule has 5 rings (SSSR count). The average molecular weight is 487 g/mol. The lowest BCUT2D eigenvalue weighted by Crippen LogP contribution is -2.13. The standard InChI is InChI=1S/C22H20ClFN6O2S/c23-17-10-13(8-9-18(17)29-33(31,32)16-7-3-4-14(24)11-16)20-19-21(25)26-12-27-22(19)30(28-20)15-5-1-2-6-15/h3-4,7-12,15,29H,1-2,5-6H2,(H2,25,26,27). The van der Waals surface area contributed by atoms with Crippen molar-refractivity contribution in [2.45, 2.75) is 36.6 Å². The molecule has 0 unspecified atom stereocenters. The predicted molar refractivity (Wildman–Crippen MR) is 125 cm³/mol. The average Bonchev–Trinajstić information content (AvgIpc) is 3.44. The zero-order valence-corrected chi connectivity index (χ0v) is 18.9. The summed E-state index contributed by atoms with van der Waals surface area (Å²) in [6.07, 6.45) is 5.72. The second kappa shape index (κ2) is 8.27.